The van der Waals surface area contributed by atoms with Crippen molar-refractivity contribution in [2.24, 2.45) is 4.99 Å². The van der Waals surface area contributed by atoms with Crippen molar-refractivity contribution in [1.82, 2.24) is 15.5 Å². The predicted molar refractivity (Wildman–Crippen MR) is 87.3 cm³/mol. The highest BCUT2D eigenvalue weighted by Crippen LogP contribution is 2.11. The topological polar surface area (TPSA) is 92.3 Å². The lowest BCUT2D eigenvalue weighted by atomic mass is 10.2. The fourth-order valence-corrected chi connectivity index (χ4v) is 2.26. The average Bonchev–Trinajstić information content (AvgIpc) is 2.89. The third-order valence-corrected chi connectivity index (χ3v) is 3.26. The number of esters is 1. The fraction of sp³-hybridized carbons (Fsp3) is 0.800. The molecule has 1 aliphatic heterocycles. The van der Waals surface area contributed by atoms with Crippen LogP contribution in [0.25, 0.3) is 0 Å². The summed E-state index contributed by atoms with van der Waals surface area (Å²) in [5.74, 6) is 0.446. The quantitative estimate of drug-likeness (QED) is 0.449. The third kappa shape index (κ3) is 7.21. The Morgan fingerprint density at radius 1 is 1.35 bits per heavy atom. The van der Waals surface area contributed by atoms with Crippen LogP contribution in [0.5, 0.6) is 0 Å². The van der Waals surface area contributed by atoms with Crippen LogP contribution in [0.1, 0.15) is 33.6 Å². The van der Waals surface area contributed by atoms with Gasteiger partial charge in [-0.1, -0.05) is 0 Å². The van der Waals surface area contributed by atoms with Crippen molar-refractivity contribution in [1.29, 1.82) is 0 Å². The van der Waals surface area contributed by atoms with Gasteiger partial charge >= 0.3 is 12.1 Å². The van der Waals surface area contributed by atoms with Gasteiger partial charge in [0, 0.05) is 26.7 Å². The number of carbonyl (C=O) groups excluding carboxylic acids is 2. The molecule has 0 bridgehead atoms. The maximum absolute atomic E-state index is 11.8. The molecule has 0 aromatic rings. The highest BCUT2D eigenvalue weighted by Gasteiger charge is 2.27. The van der Waals surface area contributed by atoms with Gasteiger partial charge in [-0.15, -0.1) is 0 Å². The van der Waals surface area contributed by atoms with Crippen LogP contribution in [0.3, 0.4) is 0 Å². The number of alkyl carbamates (subject to hydrolysis) is 1. The van der Waals surface area contributed by atoms with E-state index in [9.17, 15) is 9.59 Å². The zero-order chi connectivity index (χ0) is 17.5. The molecular weight excluding hydrogens is 300 g/mol. The standard InChI is InChI=1S/C15H28N4O4/c1-15(2,3)23-14(21)18-11-7-9-19(10-11)13(16-4)17-8-6-12(20)22-5/h11H,6-10H2,1-5H3,(H,16,17)(H,18,21). The van der Waals surface area contributed by atoms with E-state index < -0.39 is 11.7 Å². The van der Waals surface area contributed by atoms with E-state index in [-0.39, 0.29) is 18.4 Å². The summed E-state index contributed by atoms with van der Waals surface area (Å²) in [4.78, 5) is 29.1. The van der Waals surface area contributed by atoms with Crippen molar-refractivity contribution in [3.8, 4) is 0 Å². The molecule has 2 N–H and O–H groups in total. The zero-order valence-corrected chi connectivity index (χ0v) is 14.6. The van der Waals surface area contributed by atoms with Crippen LogP contribution in [-0.2, 0) is 14.3 Å². The number of nitrogens with one attached hydrogen (secondary N) is 2. The van der Waals surface area contributed by atoms with Crippen LogP contribution in [0.4, 0.5) is 4.79 Å². The summed E-state index contributed by atoms with van der Waals surface area (Å²) in [6, 6.07) is 0.0176. The van der Waals surface area contributed by atoms with Gasteiger partial charge < -0.3 is 25.0 Å². The van der Waals surface area contributed by atoms with Crippen LogP contribution >= 0.6 is 0 Å². The molecular formula is C15H28N4O4. The van der Waals surface area contributed by atoms with E-state index in [0.29, 0.717) is 19.0 Å². The minimum atomic E-state index is -0.506. The number of rotatable bonds is 4. The van der Waals surface area contributed by atoms with Gasteiger partial charge in [0.1, 0.15) is 5.60 Å². The van der Waals surface area contributed by atoms with Crippen molar-refractivity contribution < 1.29 is 19.1 Å². The lowest BCUT2D eigenvalue weighted by Gasteiger charge is -2.23. The van der Waals surface area contributed by atoms with E-state index in [1.807, 2.05) is 25.7 Å². The second-order valence-electron chi connectivity index (χ2n) is 6.38. The Bertz CT molecular complexity index is 445. The Morgan fingerprint density at radius 3 is 2.61 bits per heavy atom. The van der Waals surface area contributed by atoms with Crippen molar-refractivity contribution in [3.63, 3.8) is 0 Å². The van der Waals surface area contributed by atoms with Gasteiger partial charge in [-0.25, -0.2) is 4.79 Å². The molecule has 0 saturated carbocycles. The maximum atomic E-state index is 11.8. The van der Waals surface area contributed by atoms with Crippen LogP contribution in [0, 0.1) is 0 Å². The summed E-state index contributed by atoms with van der Waals surface area (Å²) >= 11 is 0. The monoisotopic (exact) mass is 328 g/mol. The Hall–Kier alpha value is -1.99. The highest BCUT2D eigenvalue weighted by atomic mass is 16.6. The molecule has 8 heteroatoms. The molecule has 0 aromatic carbocycles. The van der Waals surface area contributed by atoms with Gasteiger partial charge in [-0.05, 0) is 27.2 Å². The molecule has 0 radical (unpaired) electrons. The molecule has 132 valence electrons. The molecule has 23 heavy (non-hydrogen) atoms. The Morgan fingerprint density at radius 2 is 2.04 bits per heavy atom. The van der Waals surface area contributed by atoms with E-state index in [1.54, 1.807) is 7.05 Å². The number of aliphatic imine (C=N–C) groups is 1. The Kier molecular flexibility index (Phi) is 7.12. The summed E-state index contributed by atoms with van der Waals surface area (Å²) in [7, 11) is 3.06. The summed E-state index contributed by atoms with van der Waals surface area (Å²) in [5.41, 5.74) is -0.506. The van der Waals surface area contributed by atoms with E-state index in [2.05, 4.69) is 20.4 Å². The number of hydrogen-bond donors (Lipinski definition) is 2. The fourth-order valence-electron chi connectivity index (χ4n) is 2.26. The molecule has 0 aromatic heterocycles. The van der Waals surface area contributed by atoms with Gasteiger partial charge in [0.2, 0.25) is 0 Å². The number of carbonyl (C=O) groups is 2. The second kappa shape index (κ2) is 8.59. The SMILES string of the molecule is CN=C(NCCC(=O)OC)N1CCC(NC(=O)OC(C)(C)C)C1. The molecule has 1 aliphatic rings. The second-order valence-corrected chi connectivity index (χ2v) is 6.38. The first-order chi connectivity index (χ1) is 10.7. The first kappa shape index (κ1) is 19.1. The van der Waals surface area contributed by atoms with E-state index in [4.69, 9.17) is 4.74 Å². The first-order valence-electron chi connectivity index (χ1n) is 7.77. The van der Waals surface area contributed by atoms with Crippen LogP contribution in [0.15, 0.2) is 4.99 Å². The third-order valence-electron chi connectivity index (χ3n) is 3.26. The minimum Gasteiger partial charge on any atom is -0.469 e. The summed E-state index contributed by atoms with van der Waals surface area (Å²) in [6.45, 7) is 7.39. The van der Waals surface area contributed by atoms with Gasteiger partial charge in [0.15, 0.2) is 5.96 Å². The lowest BCUT2D eigenvalue weighted by Crippen LogP contribution is -2.44. The largest absolute Gasteiger partial charge is 0.469 e. The molecule has 1 atom stereocenters. The molecule has 0 spiro atoms. The van der Waals surface area contributed by atoms with E-state index in [1.165, 1.54) is 7.11 Å². The van der Waals surface area contributed by atoms with Gasteiger partial charge in [-0.2, -0.15) is 0 Å². The van der Waals surface area contributed by atoms with Crippen molar-refractivity contribution in [3.05, 3.63) is 0 Å². The molecule has 1 unspecified atom stereocenters. The van der Waals surface area contributed by atoms with Gasteiger partial charge in [0.25, 0.3) is 0 Å². The molecule has 1 saturated heterocycles. The number of methoxy groups -OCH3 is 1. The summed E-state index contributed by atoms with van der Waals surface area (Å²) in [5, 5.41) is 5.99. The normalized spacial score (nSPS) is 18.6. The molecule has 8 nitrogen and oxygen atoms in total. The number of guanidine groups is 1. The van der Waals surface area contributed by atoms with Crippen molar-refractivity contribution in [2.75, 3.05) is 33.8 Å². The number of ether oxygens (including phenoxy) is 2. The van der Waals surface area contributed by atoms with Gasteiger partial charge in [-0.3, -0.25) is 9.79 Å². The Balaban J connectivity index is 2.39. The van der Waals surface area contributed by atoms with E-state index >= 15 is 0 Å². The lowest BCUT2D eigenvalue weighted by molar-refractivity contribution is -0.140. The van der Waals surface area contributed by atoms with E-state index in [0.717, 1.165) is 13.0 Å². The molecule has 0 aliphatic carbocycles. The van der Waals surface area contributed by atoms with Crippen molar-refractivity contribution in [2.45, 2.75) is 45.3 Å². The predicted octanol–water partition coefficient (Wildman–Crippen LogP) is 0.724. The maximum Gasteiger partial charge on any atom is 0.407 e. The van der Waals surface area contributed by atoms with Crippen molar-refractivity contribution >= 4 is 18.0 Å². The highest BCUT2D eigenvalue weighted by molar-refractivity contribution is 5.81. The minimum absolute atomic E-state index is 0.0176. The molecule has 1 amide bonds. The zero-order valence-electron chi connectivity index (χ0n) is 14.6. The Labute approximate surface area is 137 Å². The first-order valence-corrected chi connectivity index (χ1v) is 7.77. The molecule has 1 fully saturated rings. The summed E-state index contributed by atoms with van der Waals surface area (Å²) in [6.07, 6.45) is 0.692. The van der Waals surface area contributed by atoms with Crippen LogP contribution < -0.4 is 10.6 Å². The number of hydrogen-bond acceptors (Lipinski definition) is 5. The average molecular weight is 328 g/mol. The smallest absolute Gasteiger partial charge is 0.407 e. The molecule has 1 rings (SSSR count). The molecule has 1 heterocycles. The van der Waals surface area contributed by atoms with Crippen LogP contribution in [0.2, 0.25) is 0 Å². The number of likely N-dealkylation sites (tertiary alicyclic amines) is 1. The number of nitrogens with zero attached hydrogens (tertiary/aromatic N) is 2. The van der Waals surface area contributed by atoms with Gasteiger partial charge in [0.05, 0.1) is 19.6 Å². The van der Waals surface area contributed by atoms with Crippen LogP contribution in [-0.4, -0.2) is 68.4 Å². The summed E-state index contributed by atoms with van der Waals surface area (Å²) < 4.78 is 9.86. The number of amides is 1.